The van der Waals surface area contributed by atoms with Crippen molar-refractivity contribution >= 4 is 11.5 Å². The Labute approximate surface area is 83.9 Å². The van der Waals surface area contributed by atoms with Gasteiger partial charge in [0.25, 0.3) is 0 Å². The first-order chi connectivity index (χ1) is 6.72. The molecular weight excluding hydrogens is 178 g/mol. The van der Waals surface area contributed by atoms with Crippen LogP contribution in [0.25, 0.3) is 0 Å². The quantitative estimate of drug-likeness (QED) is 0.728. The topological polar surface area (TPSA) is 52.3 Å². The summed E-state index contributed by atoms with van der Waals surface area (Å²) in [5.74, 6) is 0.813. The van der Waals surface area contributed by atoms with Crippen LogP contribution in [0, 0.1) is 0 Å². The Balaban J connectivity index is 2.38. The maximum atomic E-state index is 11.1. The predicted molar refractivity (Wildman–Crippen MR) is 56.3 cm³/mol. The Bertz CT molecular complexity index is 293. The minimum atomic E-state index is 0.129. The van der Waals surface area contributed by atoms with Crippen molar-refractivity contribution in [2.24, 2.45) is 0 Å². The van der Waals surface area contributed by atoms with Gasteiger partial charge in [-0.05, 0) is 30.7 Å². The number of rotatable bonds is 5. The molecule has 2 N–H and O–H groups in total. The van der Waals surface area contributed by atoms with Crippen LogP contribution in [-0.4, -0.2) is 12.4 Å². The second-order valence-corrected chi connectivity index (χ2v) is 3.15. The lowest BCUT2D eigenvalue weighted by molar-refractivity contribution is -0.121. The van der Waals surface area contributed by atoms with Gasteiger partial charge in [0, 0.05) is 12.1 Å². The van der Waals surface area contributed by atoms with Crippen molar-refractivity contribution in [1.29, 1.82) is 0 Å². The molecule has 14 heavy (non-hydrogen) atoms. The molecule has 3 nitrogen and oxygen atoms in total. The summed E-state index contributed by atoms with van der Waals surface area (Å²) in [7, 11) is 0. The third-order valence-corrected chi connectivity index (χ3v) is 1.81. The summed E-state index contributed by atoms with van der Waals surface area (Å²) < 4.78 is 5.27. The number of ether oxygens (including phenoxy) is 1. The normalized spacial score (nSPS) is 9.79. The van der Waals surface area contributed by atoms with Gasteiger partial charge in [-0.2, -0.15) is 0 Å². The number of ketones is 1. The van der Waals surface area contributed by atoms with E-state index in [1.165, 1.54) is 0 Å². The molecular formula is C11H15NO2. The summed E-state index contributed by atoms with van der Waals surface area (Å²) in [4.78, 5) is 11.1. The zero-order valence-corrected chi connectivity index (χ0v) is 8.32. The number of nitrogen functional groups attached to an aromatic ring is 1. The lowest BCUT2D eigenvalue weighted by Gasteiger charge is -2.04. The van der Waals surface area contributed by atoms with E-state index in [9.17, 15) is 4.79 Å². The lowest BCUT2D eigenvalue weighted by atomic mass is 10.2. The molecule has 0 aromatic heterocycles. The van der Waals surface area contributed by atoms with Crippen molar-refractivity contribution in [3.8, 4) is 5.75 Å². The average molecular weight is 193 g/mol. The lowest BCUT2D eigenvalue weighted by Crippen LogP contribution is -2.10. The van der Waals surface area contributed by atoms with Gasteiger partial charge in [0.2, 0.25) is 0 Å². The van der Waals surface area contributed by atoms with Crippen molar-refractivity contribution in [2.75, 3.05) is 12.3 Å². The fourth-order valence-corrected chi connectivity index (χ4v) is 1.08. The van der Waals surface area contributed by atoms with E-state index in [0.29, 0.717) is 17.9 Å². The summed E-state index contributed by atoms with van der Waals surface area (Å²) in [5.41, 5.74) is 6.20. The first-order valence-electron chi connectivity index (χ1n) is 4.72. The van der Waals surface area contributed by atoms with Crippen molar-refractivity contribution < 1.29 is 9.53 Å². The van der Waals surface area contributed by atoms with Crippen LogP contribution in [-0.2, 0) is 4.79 Å². The molecule has 0 atom stereocenters. The Morgan fingerprint density at radius 2 is 2.00 bits per heavy atom. The molecule has 0 spiro atoms. The van der Waals surface area contributed by atoms with Gasteiger partial charge >= 0.3 is 0 Å². The van der Waals surface area contributed by atoms with E-state index in [4.69, 9.17) is 10.5 Å². The summed E-state index contributed by atoms with van der Waals surface area (Å²) in [6.45, 7) is 2.12. The highest BCUT2D eigenvalue weighted by molar-refractivity contribution is 5.79. The molecule has 0 amide bonds. The molecule has 1 rings (SSSR count). The van der Waals surface area contributed by atoms with Crippen LogP contribution in [0.2, 0.25) is 0 Å². The monoisotopic (exact) mass is 193 g/mol. The van der Waals surface area contributed by atoms with Gasteiger partial charge in [-0.3, -0.25) is 4.79 Å². The van der Waals surface area contributed by atoms with Gasteiger partial charge in [-0.25, -0.2) is 0 Å². The molecule has 1 aromatic rings. The second-order valence-electron chi connectivity index (χ2n) is 3.15. The Morgan fingerprint density at radius 1 is 1.36 bits per heavy atom. The standard InChI is InChI=1S/C11H15NO2/c1-2-3-10(13)8-14-11-6-4-9(12)5-7-11/h4-7H,2-3,8,12H2,1H3. The van der Waals surface area contributed by atoms with Crippen LogP contribution in [0.5, 0.6) is 5.75 Å². The van der Waals surface area contributed by atoms with Crippen LogP contribution < -0.4 is 10.5 Å². The van der Waals surface area contributed by atoms with Crippen molar-refractivity contribution in [2.45, 2.75) is 19.8 Å². The molecule has 0 aliphatic rings. The Kier molecular flexibility index (Phi) is 3.98. The zero-order valence-electron chi connectivity index (χ0n) is 8.32. The highest BCUT2D eigenvalue weighted by Gasteiger charge is 2.00. The van der Waals surface area contributed by atoms with Crippen molar-refractivity contribution in [3.05, 3.63) is 24.3 Å². The van der Waals surface area contributed by atoms with Gasteiger partial charge in [0.05, 0.1) is 0 Å². The van der Waals surface area contributed by atoms with E-state index >= 15 is 0 Å². The number of carbonyl (C=O) groups excluding carboxylic acids is 1. The average Bonchev–Trinajstić information content (AvgIpc) is 2.17. The fraction of sp³-hybridized carbons (Fsp3) is 0.364. The van der Waals surface area contributed by atoms with Gasteiger partial charge < -0.3 is 10.5 Å². The highest BCUT2D eigenvalue weighted by atomic mass is 16.5. The predicted octanol–water partition coefficient (Wildman–Crippen LogP) is 2.02. The molecule has 0 bridgehead atoms. The highest BCUT2D eigenvalue weighted by Crippen LogP contribution is 2.12. The minimum absolute atomic E-state index is 0.129. The molecule has 3 heteroatoms. The first-order valence-corrected chi connectivity index (χ1v) is 4.72. The van der Waals surface area contributed by atoms with Gasteiger partial charge in [-0.1, -0.05) is 6.92 Å². The number of hydrogen-bond acceptors (Lipinski definition) is 3. The van der Waals surface area contributed by atoms with Crippen molar-refractivity contribution in [1.82, 2.24) is 0 Å². The van der Waals surface area contributed by atoms with Gasteiger partial charge in [-0.15, -0.1) is 0 Å². The number of hydrogen-bond donors (Lipinski definition) is 1. The molecule has 0 aliphatic heterocycles. The smallest absolute Gasteiger partial charge is 0.170 e. The molecule has 0 unspecified atom stereocenters. The third-order valence-electron chi connectivity index (χ3n) is 1.81. The van der Waals surface area contributed by atoms with E-state index in [2.05, 4.69) is 0 Å². The van der Waals surface area contributed by atoms with Crippen LogP contribution >= 0.6 is 0 Å². The van der Waals surface area contributed by atoms with E-state index in [-0.39, 0.29) is 12.4 Å². The minimum Gasteiger partial charge on any atom is -0.486 e. The van der Waals surface area contributed by atoms with E-state index < -0.39 is 0 Å². The number of carbonyl (C=O) groups is 1. The summed E-state index contributed by atoms with van der Waals surface area (Å²) >= 11 is 0. The van der Waals surface area contributed by atoms with Gasteiger partial charge in [0.15, 0.2) is 5.78 Å². The van der Waals surface area contributed by atoms with Crippen LogP contribution in [0.3, 0.4) is 0 Å². The number of anilines is 1. The number of benzene rings is 1. The Hall–Kier alpha value is -1.51. The van der Waals surface area contributed by atoms with Crippen LogP contribution in [0.15, 0.2) is 24.3 Å². The zero-order chi connectivity index (χ0) is 10.4. The Morgan fingerprint density at radius 3 is 2.57 bits per heavy atom. The largest absolute Gasteiger partial charge is 0.486 e. The number of Topliss-reactive ketones (excluding diaryl/α,β-unsaturated/α-hetero) is 1. The SMILES string of the molecule is CCCC(=O)COc1ccc(N)cc1. The fourth-order valence-electron chi connectivity index (χ4n) is 1.08. The molecule has 1 aromatic carbocycles. The van der Waals surface area contributed by atoms with Crippen LogP contribution in [0.1, 0.15) is 19.8 Å². The summed E-state index contributed by atoms with van der Waals surface area (Å²) in [6.07, 6.45) is 1.44. The molecule has 0 saturated carbocycles. The summed E-state index contributed by atoms with van der Waals surface area (Å²) in [6, 6.07) is 7.02. The van der Waals surface area contributed by atoms with E-state index in [0.717, 1.165) is 6.42 Å². The van der Waals surface area contributed by atoms with E-state index in [1.807, 2.05) is 6.92 Å². The van der Waals surface area contributed by atoms with Crippen LogP contribution in [0.4, 0.5) is 5.69 Å². The third kappa shape index (κ3) is 3.47. The molecule has 0 heterocycles. The van der Waals surface area contributed by atoms with E-state index in [1.54, 1.807) is 24.3 Å². The number of nitrogens with two attached hydrogens (primary N) is 1. The molecule has 0 fully saturated rings. The summed E-state index contributed by atoms with van der Waals surface area (Å²) in [5, 5.41) is 0. The maximum absolute atomic E-state index is 11.1. The maximum Gasteiger partial charge on any atom is 0.170 e. The second kappa shape index (κ2) is 5.27. The van der Waals surface area contributed by atoms with Gasteiger partial charge in [0.1, 0.15) is 12.4 Å². The molecule has 76 valence electrons. The molecule has 0 radical (unpaired) electrons. The van der Waals surface area contributed by atoms with Crippen molar-refractivity contribution in [3.63, 3.8) is 0 Å². The first kappa shape index (κ1) is 10.6. The molecule has 0 aliphatic carbocycles. The molecule has 0 saturated heterocycles.